The normalized spacial score (nSPS) is 11.7. The number of halogens is 2. The van der Waals surface area contributed by atoms with E-state index < -0.39 is 22.3 Å². The topological polar surface area (TPSA) is 54.4 Å². The van der Waals surface area contributed by atoms with E-state index in [-0.39, 0.29) is 28.5 Å². The lowest BCUT2D eigenvalue weighted by Crippen LogP contribution is -2.16. The first-order valence-corrected chi connectivity index (χ1v) is 6.90. The molecule has 0 atom stereocenters. The molecule has 0 aromatic heterocycles. The van der Waals surface area contributed by atoms with Crippen molar-refractivity contribution < 1.29 is 17.9 Å². The van der Waals surface area contributed by atoms with Crippen LogP contribution in [0.5, 0.6) is 0 Å². The Bertz CT molecular complexity index is 439. The molecule has 0 bridgehead atoms. The van der Waals surface area contributed by atoms with E-state index in [1.807, 2.05) is 0 Å². The van der Waals surface area contributed by atoms with Gasteiger partial charge in [0.05, 0.1) is 18.1 Å². The summed E-state index contributed by atoms with van der Waals surface area (Å²) in [6.45, 7) is -0.423. The van der Waals surface area contributed by atoms with Crippen LogP contribution in [0.4, 0.5) is 4.39 Å². The third-order valence-corrected chi connectivity index (χ3v) is 4.11. The highest BCUT2D eigenvalue weighted by molar-refractivity contribution is 7.91. The van der Waals surface area contributed by atoms with Crippen LogP contribution in [0.1, 0.15) is 5.56 Å². The van der Waals surface area contributed by atoms with Crippen LogP contribution in [-0.4, -0.2) is 31.6 Å². The van der Waals surface area contributed by atoms with Gasteiger partial charge in [-0.25, -0.2) is 12.8 Å². The van der Waals surface area contributed by atoms with Gasteiger partial charge < -0.3 is 5.11 Å². The predicted molar refractivity (Wildman–Crippen MR) is 60.9 cm³/mol. The molecule has 0 amide bonds. The molecule has 1 rings (SSSR count). The van der Waals surface area contributed by atoms with Gasteiger partial charge in [-0.3, -0.25) is 0 Å². The molecule has 0 fully saturated rings. The molecule has 0 saturated carbocycles. The van der Waals surface area contributed by atoms with Crippen LogP contribution in [0, 0.1) is 5.82 Å². The van der Waals surface area contributed by atoms with Crippen LogP contribution >= 0.6 is 11.6 Å². The summed E-state index contributed by atoms with van der Waals surface area (Å²) in [6, 6.07) is 4.21. The van der Waals surface area contributed by atoms with Crippen LogP contribution in [0.3, 0.4) is 0 Å². The van der Waals surface area contributed by atoms with Gasteiger partial charge in [-0.2, -0.15) is 0 Å². The minimum Gasteiger partial charge on any atom is -0.395 e. The van der Waals surface area contributed by atoms with Crippen molar-refractivity contribution in [2.45, 2.75) is 6.42 Å². The van der Waals surface area contributed by atoms with Gasteiger partial charge in [0.25, 0.3) is 0 Å². The number of hydrogen-bond acceptors (Lipinski definition) is 3. The fraction of sp³-hybridized carbons (Fsp3) is 0.400. The van der Waals surface area contributed by atoms with Crippen molar-refractivity contribution in [3.63, 3.8) is 0 Å². The van der Waals surface area contributed by atoms with E-state index in [0.717, 1.165) is 0 Å². The fourth-order valence-electron chi connectivity index (χ4n) is 1.27. The second-order valence-corrected chi connectivity index (χ2v) is 6.04. The van der Waals surface area contributed by atoms with Gasteiger partial charge in [-0.1, -0.05) is 17.7 Å². The zero-order valence-corrected chi connectivity index (χ0v) is 10.1. The maximum absolute atomic E-state index is 13.3. The van der Waals surface area contributed by atoms with Gasteiger partial charge in [-0.15, -0.1) is 0 Å². The highest BCUT2D eigenvalue weighted by Crippen LogP contribution is 2.19. The number of aliphatic hydroxyl groups excluding tert-OH is 1. The largest absolute Gasteiger partial charge is 0.395 e. The number of aliphatic hydroxyl groups is 1. The van der Waals surface area contributed by atoms with Crippen LogP contribution < -0.4 is 0 Å². The zero-order chi connectivity index (χ0) is 12.2. The molecular weight excluding hydrogens is 255 g/mol. The molecule has 0 aliphatic heterocycles. The van der Waals surface area contributed by atoms with Crippen molar-refractivity contribution in [1.29, 1.82) is 0 Å². The van der Waals surface area contributed by atoms with Gasteiger partial charge in [-0.05, 0) is 18.6 Å². The van der Waals surface area contributed by atoms with Crippen molar-refractivity contribution >= 4 is 21.4 Å². The highest BCUT2D eigenvalue weighted by atomic mass is 35.5. The predicted octanol–water partition coefficient (Wildman–Crippen LogP) is 1.43. The number of benzene rings is 1. The Hall–Kier alpha value is -0.650. The van der Waals surface area contributed by atoms with Crippen LogP contribution in [0.25, 0.3) is 0 Å². The SMILES string of the molecule is O=S(=O)(CCO)CCc1c(F)cccc1Cl. The highest BCUT2D eigenvalue weighted by Gasteiger charge is 2.13. The molecule has 1 aromatic carbocycles. The van der Waals surface area contributed by atoms with E-state index in [4.69, 9.17) is 16.7 Å². The van der Waals surface area contributed by atoms with Gasteiger partial charge in [0.15, 0.2) is 9.84 Å². The Morgan fingerprint density at radius 3 is 2.56 bits per heavy atom. The maximum atomic E-state index is 13.3. The molecule has 1 N–H and O–H groups in total. The van der Waals surface area contributed by atoms with Gasteiger partial charge in [0.1, 0.15) is 5.82 Å². The van der Waals surface area contributed by atoms with Gasteiger partial charge in [0, 0.05) is 10.6 Å². The first-order valence-electron chi connectivity index (χ1n) is 4.70. The standard InChI is InChI=1S/C10H12ClFO3S/c11-9-2-1-3-10(12)8(9)4-6-16(14,15)7-5-13/h1-3,13H,4-7H2. The Kier molecular flexibility index (Phi) is 4.70. The van der Waals surface area contributed by atoms with Crippen LogP contribution in [0.2, 0.25) is 5.02 Å². The number of sulfone groups is 1. The van der Waals surface area contributed by atoms with E-state index in [0.29, 0.717) is 0 Å². The van der Waals surface area contributed by atoms with E-state index >= 15 is 0 Å². The minimum atomic E-state index is -3.34. The lowest BCUT2D eigenvalue weighted by Gasteiger charge is -2.06. The summed E-state index contributed by atoms with van der Waals surface area (Å²) in [5.41, 5.74) is 0.200. The molecular formula is C10H12ClFO3S. The molecule has 1 aromatic rings. The summed E-state index contributed by atoms with van der Waals surface area (Å²) >= 11 is 5.75. The molecule has 0 unspecified atom stereocenters. The summed E-state index contributed by atoms with van der Waals surface area (Å²) in [4.78, 5) is 0. The van der Waals surface area contributed by atoms with Crippen molar-refractivity contribution in [3.8, 4) is 0 Å². The number of rotatable bonds is 5. The van der Waals surface area contributed by atoms with E-state index in [2.05, 4.69) is 0 Å². The molecule has 3 nitrogen and oxygen atoms in total. The van der Waals surface area contributed by atoms with Gasteiger partial charge >= 0.3 is 0 Å². The first-order chi connectivity index (χ1) is 7.46. The second kappa shape index (κ2) is 5.61. The second-order valence-electron chi connectivity index (χ2n) is 3.33. The fourth-order valence-corrected chi connectivity index (χ4v) is 2.52. The molecule has 0 aliphatic rings. The molecule has 6 heteroatoms. The average Bonchev–Trinajstić information content (AvgIpc) is 2.16. The molecule has 0 saturated heterocycles. The van der Waals surface area contributed by atoms with E-state index in [9.17, 15) is 12.8 Å². The summed E-state index contributed by atoms with van der Waals surface area (Å²) in [7, 11) is -3.34. The third kappa shape index (κ3) is 3.73. The average molecular weight is 267 g/mol. The van der Waals surface area contributed by atoms with Crippen molar-refractivity contribution in [2.75, 3.05) is 18.1 Å². The number of hydrogen-bond donors (Lipinski definition) is 1. The molecule has 0 spiro atoms. The Morgan fingerprint density at radius 1 is 1.31 bits per heavy atom. The Balaban J connectivity index is 2.76. The van der Waals surface area contributed by atoms with E-state index in [1.54, 1.807) is 0 Å². The lowest BCUT2D eigenvalue weighted by atomic mass is 10.1. The Labute approximate surface area is 98.8 Å². The molecule has 0 aliphatic carbocycles. The smallest absolute Gasteiger partial charge is 0.152 e. The molecule has 90 valence electrons. The summed E-state index contributed by atoms with van der Waals surface area (Å²) in [5, 5.41) is 8.75. The lowest BCUT2D eigenvalue weighted by molar-refractivity contribution is 0.319. The monoisotopic (exact) mass is 266 g/mol. The van der Waals surface area contributed by atoms with Crippen molar-refractivity contribution in [1.82, 2.24) is 0 Å². The first kappa shape index (κ1) is 13.4. The van der Waals surface area contributed by atoms with Crippen molar-refractivity contribution in [2.24, 2.45) is 0 Å². The Morgan fingerprint density at radius 2 is 2.00 bits per heavy atom. The molecule has 0 heterocycles. The van der Waals surface area contributed by atoms with Crippen LogP contribution in [0.15, 0.2) is 18.2 Å². The van der Waals surface area contributed by atoms with E-state index in [1.165, 1.54) is 18.2 Å². The third-order valence-electron chi connectivity index (χ3n) is 2.13. The summed E-state index contributed by atoms with van der Waals surface area (Å²) in [5.74, 6) is -1.03. The summed E-state index contributed by atoms with van der Waals surface area (Å²) < 4.78 is 35.9. The zero-order valence-electron chi connectivity index (χ0n) is 8.49. The van der Waals surface area contributed by atoms with Crippen LogP contribution in [-0.2, 0) is 16.3 Å². The maximum Gasteiger partial charge on any atom is 0.152 e. The summed E-state index contributed by atoms with van der Waals surface area (Å²) in [6.07, 6.45) is 0.0217. The van der Waals surface area contributed by atoms with Crippen molar-refractivity contribution in [3.05, 3.63) is 34.6 Å². The minimum absolute atomic E-state index is 0.0217. The van der Waals surface area contributed by atoms with Gasteiger partial charge in [0.2, 0.25) is 0 Å². The quantitative estimate of drug-likeness (QED) is 0.877. The molecule has 0 radical (unpaired) electrons. The molecule has 16 heavy (non-hydrogen) atoms.